The lowest BCUT2D eigenvalue weighted by Crippen LogP contribution is -2.54. The Hall–Kier alpha value is -0.370. The van der Waals surface area contributed by atoms with Crippen LogP contribution >= 0.6 is 0 Å². The summed E-state index contributed by atoms with van der Waals surface area (Å²) in [5.41, 5.74) is 0.997. The number of rotatable bonds is 4. The number of carbonyl (C=O) groups is 1. The molecular weight excluding hydrogens is 332 g/mol. The van der Waals surface area contributed by atoms with E-state index in [-0.39, 0.29) is 6.10 Å². The van der Waals surface area contributed by atoms with Crippen molar-refractivity contribution in [1.82, 2.24) is 0 Å². The van der Waals surface area contributed by atoms with Gasteiger partial charge in [0.15, 0.2) is 0 Å². The SMILES string of the molecule is CC(=O)CC[C@@H](C)[C@H]1CC[C@H]2[C@@H]3CC[C@@H]4C[C@@H](O)CC[C@]4(C)[C@H]3CC[C@]12C. The Morgan fingerprint density at radius 1 is 1.00 bits per heavy atom. The molecule has 4 rings (SSSR count). The molecule has 4 fully saturated rings. The molecule has 0 aliphatic heterocycles. The molecule has 0 heterocycles. The van der Waals surface area contributed by atoms with E-state index in [2.05, 4.69) is 20.8 Å². The number of ketones is 1. The van der Waals surface area contributed by atoms with Crippen molar-refractivity contribution in [2.24, 2.45) is 46.3 Å². The predicted octanol–water partition coefficient (Wildman–Crippen LogP) is 6.01. The largest absolute Gasteiger partial charge is 0.393 e. The summed E-state index contributed by atoms with van der Waals surface area (Å²) in [6.45, 7) is 9.38. The summed E-state index contributed by atoms with van der Waals surface area (Å²) in [5.74, 6) is 5.36. The van der Waals surface area contributed by atoms with E-state index in [1.807, 2.05) is 0 Å². The van der Waals surface area contributed by atoms with E-state index in [0.717, 1.165) is 55.3 Å². The molecule has 9 atom stereocenters. The number of carbonyl (C=O) groups excluding carboxylic acids is 1. The lowest BCUT2D eigenvalue weighted by molar-refractivity contribution is -0.129. The van der Waals surface area contributed by atoms with Crippen LogP contribution in [-0.2, 0) is 4.79 Å². The minimum Gasteiger partial charge on any atom is -0.393 e. The average Bonchev–Trinajstić information content (AvgIpc) is 2.97. The summed E-state index contributed by atoms with van der Waals surface area (Å²) in [4.78, 5) is 11.5. The van der Waals surface area contributed by atoms with E-state index in [0.29, 0.717) is 22.5 Å². The lowest BCUT2D eigenvalue weighted by atomic mass is 9.44. The predicted molar refractivity (Wildman–Crippen MR) is 110 cm³/mol. The van der Waals surface area contributed by atoms with Crippen LogP contribution in [0.15, 0.2) is 0 Å². The second kappa shape index (κ2) is 7.15. The summed E-state index contributed by atoms with van der Waals surface area (Å²) >= 11 is 0. The molecule has 2 nitrogen and oxygen atoms in total. The van der Waals surface area contributed by atoms with Crippen LogP contribution in [0, 0.1) is 46.3 Å². The first kappa shape index (κ1) is 19.9. The first-order valence-electron chi connectivity index (χ1n) is 11.9. The highest BCUT2D eigenvalue weighted by Crippen LogP contribution is 2.68. The van der Waals surface area contributed by atoms with Crippen LogP contribution in [0.2, 0.25) is 0 Å². The zero-order chi connectivity index (χ0) is 19.4. The highest BCUT2D eigenvalue weighted by Gasteiger charge is 2.60. The Labute approximate surface area is 166 Å². The second-order valence-electron chi connectivity index (χ2n) is 11.5. The Kier molecular flexibility index (Phi) is 5.28. The summed E-state index contributed by atoms with van der Waals surface area (Å²) < 4.78 is 0. The number of aliphatic hydroxyl groups excluding tert-OH is 1. The van der Waals surface area contributed by atoms with Crippen LogP contribution in [0.4, 0.5) is 0 Å². The normalized spacial score (nSPS) is 50.4. The van der Waals surface area contributed by atoms with Crippen LogP contribution in [0.5, 0.6) is 0 Å². The van der Waals surface area contributed by atoms with Crippen molar-refractivity contribution in [2.45, 2.75) is 104 Å². The van der Waals surface area contributed by atoms with Crippen molar-refractivity contribution in [2.75, 3.05) is 0 Å². The monoisotopic (exact) mass is 374 g/mol. The third kappa shape index (κ3) is 3.22. The first-order chi connectivity index (χ1) is 12.8. The van der Waals surface area contributed by atoms with Gasteiger partial charge >= 0.3 is 0 Å². The molecule has 0 aromatic rings. The van der Waals surface area contributed by atoms with E-state index in [1.54, 1.807) is 6.92 Å². The van der Waals surface area contributed by atoms with Crippen molar-refractivity contribution in [3.8, 4) is 0 Å². The van der Waals surface area contributed by atoms with Crippen LogP contribution in [0.3, 0.4) is 0 Å². The number of hydrogen-bond donors (Lipinski definition) is 1. The summed E-state index contributed by atoms with van der Waals surface area (Å²) in [5, 5.41) is 10.2. The lowest BCUT2D eigenvalue weighted by Gasteiger charge is -2.61. The topological polar surface area (TPSA) is 37.3 Å². The standard InChI is InChI=1S/C25H42O2/c1-16(5-6-17(2)26)21-9-10-22-20-8-7-18-15-19(27)11-13-24(18,3)23(20)12-14-25(21,22)4/h16,18-23,27H,5-15H2,1-4H3/t16-,18-,19+,20+,21-,22+,23+,24+,25-/m1/s1. The van der Waals surface area contributed by atoms with Gasteiger partial charge in [0, 0.05) is 6.42 Å². The first-order valence-corrected chi connectivity index (χ1v) is 11.9. The van der Waals surface area contributed by atoms with Gasteiger partial charge in [-0.1, -0.05) is 20.8 Å². The van der Waals surface area contributed by atoms with Crippen LogP contribution in [-0.4, -0.2) is 17.0 Å². The third-order valence-corrected chi connectivity index (χ3v) is 10.4. The van der Waals surface area contributed by atoms with Crippen molar-refractivity contribution in [1.29, 1.82) is 0 Å². The fourth-order valence-corrected chi connectivity index (χ4v) is 8.84. The maximum atomic E-state index is 11.5. The number of fused-ring (bicyclic) bond motifs is 5. The van der Waals surface area contributed by atoms with E-state index in [9.17, 15) is 9.90 Å². The molecule has 4 aliphatic rings. The van der Waals surface area contributed by atoms with Gasteiger partial charge in [-0.15, -0.1) is 0 Å². The Morgan fingerprint density at radius 2 is 1.70 bits per heavy atom. The van der Waals surface area contributed by atoms with Gasteiger partial charge in [-0.05, 0) is 117 Å². The van der Waals surface area contributed by atoms with Gasteiger partial charge in [0.25, 0.3) is 0 Å². The van der Waals surface area contributed by atoms with E-state index < -0.39 is 0 Å². The molecule has 0 amide bonds. The molecule has 0 saturated heterocycles. The molecule has 4 saturated carbocycles. The minimum absolute atomic E-state index is 0.0357. The summed E-state index contributed by atoms with van der Waals surface area (Å²) in [6, 6.07) is 0. The van der Waals surface area contributed by atoms with Crippen LogP contribution in [0.1, 0.15) is 98.3 Å². The molecular formula is C25H42O2. The quantitative estimate of drug-likeness (QED) is 0.654. The minimum atomic E-state index is -0.0357. The summed E-state index contributed by atoms with van der Waals surface area (Å²) in [7, 11) is 0. The van der Waals surface area contributed by atoms with Crippen LogP contribution in [0.25, 0.3) is 0 Å². The number of Topliss-reactive ketones (excluding diaryl/α,β-unsaturated/α-hetero) is 1. The maximum Gasteiger partial charge on any atom is 0.129 e. The molecule has 0 radical (unpaired) electrons. The van der Waals surface area contributed by atoms with Gasteiger partial charge < -0.3 is 9.90 Å². The van der Waals surface area contributed by atoms with Crippen molar-refractivity contribution >= 4 is 5.78 Å². The Morgan fingerprint density at radius 3 is 2.44 bits per heavy atom. The zero-order valence-electron chi connectivity index (χ0n) is 18.2. The van der Waals surface area contributed by atoms with Gasteiger partial charge in [-0.3, -0.25) is 0 Å². The Bertz CT molecular complexity index is 571. The van der Waals surface area contributed by atoms with Gasteiger partial charge in [-0.25, -0.2) is 0 Å². The molecule has 154 valence electrons. The van der Waals surface area contributed by atoms with Gasteiger partial charge in [0.1, 0.15) is 5.78 Å². The van der Waals surface area contributed by atoms with Crippen molar-refractivity contribution in [3.63, 3.8) is 0 Å². The van der Waals surface area contributed by atoms with E-state index in [1.165, 1.54) is 44.9 Å². The average molecular weight is 375 g/mol. The maximum absolute atomic E-state index is 11.5. The fourth-order valence-electron chi connectivity index (χ4n) is 8.84. The molecule has 0 aromatic carbocycles. The van der Waals surface area contributed by atoms with E-state index in [4.69, 9.17) is 0 Å². The highest BCUT2D eigenvalue weighted by atomic mass is 16.3. The third-order valence-electron chi connectivity index (χ3n) is 10.4. The van der Waals surface area contributed by atoms with Crippen molar-refractivity contribution < 1.29 is 9.90 Å². The number of aliphatic hydroxyl groups is 1. The molecule has 2 heteroatoms. The fraction of sp³-hybridized carbons (Fsp3) is 0.960. The molecule has 1 N–H and O–H groups in total. The molecule has 0 bridgehead atoms. The summed E-state index contributed by atoms with van der Waals surface area (Å²) in [6.07, 6.45) is 13.6. The van der Waals surface area contributed by atoms with Gasteiger partial charge in [0.2, 0.25) is 0 Å². The van der Waals surface area contributed by atoms with Gasteiger partial charge in [0.05, 0.1) is 6.10 Å². The van der Waals surface area contributed by atoms with Crippen LogP contribution < -0.4 is 0 Å². The molecule has 0 unspecified atom stereocenters. The Balaban J connectivity index is 1.51. The molecule has 4 aliphatic carbocycles. The van der Waals surface area contributed by atoms with Crippen molar-refractivity contribution in [3.05, 3.63) is 0 Å². The zero-order valence-corrected chi connectivity index (χ0v) is 18.2. The van der Waals surface area contributed by atoms with Gasteiger partial charge in [-0.2, -0.15) is 0 Å². The molecule has 0 aromatic heterocycles. The number of hydrogen-bond acceptors (Lipinski definition) is 2. The second-order valence-corrected chi connectivity index (χ2v) is 11.5. The smallest absolute Gasteiger partial charge is 0.129 e. The highest BCUT2D eigenvalue weighted by molar-refractivity contribution is 5.75. The van der Waals surface area contributed by atoms with E-state index >= 15 is 0 Å². The molecule has 0 spiro atoms. The molecule has 27 heavy (non-hydrogen) atoms.